The number of nitrogens with zero attached hydrogens (tertiary/aromatic N) is 3. The van der Waals surface area contributed by atoms with Gasteiger partial charge in [-0.25, -0.2) is 9.97 Å². The Balaban J connectivity index is 2.19. The van der Waals surface area contributed by atoms with E-state index in [4.69, 9.17) is 5.73 Å². The van der Waals surface area contributed by atoms with E-state index in [1.807, 2.05) is 13.8 Å². The van der Waals surface area contributed by atoms with Gasteiger partial charge < -0.3 is 5.73 Å². The van der Waals surface area contributed by atoms with Crippen molar-refractivity contribution in [3.05, 3.63) is 41.5 Å². The summed E-state index contributed by atoms with van der Waals surface area (Å²) in [6.07, 6.45) is 1.59. The second-order valence-electron chi connectivity index (χ2n) is 4.35. The summed E-state index contributed by atoms with van der Waals surface area (Å²) in [6.45, 7) is 4.07. The first-order chi connectivity index (χ1) is 9.06. The van der Waals surface area contributed by atoms with E-state index in [0.717, 1.165) is 26.7 Å². The highest BCUT2D eigenvalue weighted by atomic mass is 32.1. The molecule has 0 aliphatic carbocycles. The van der Waals surface area contributed by atoms with Gasteiger partial charge in [-0.05, 0) is 32.0 Å². The Morgan fingerprint density at radius 2 is 2.00 bits per heavy atom. The zero-order valence-corrected chi connectivity index (χ0v) is 11.4. The molecule has 5 nitrogen and oxygen atoms in total. The van der Waals surface area contributed by atoms with Crippen LogP contribution in [0.2, 0.25) is 0 Å². The molecule has 0 aliphatic heterocycles. The quantitative estimate of drug-likeness (QED) is 0.777. The van der Waals surface area contributed by atoms with Crippen LogP contribution in [0, 0.1) is 13.8 Å². The highest BCUT2D eigenvalue weighted by Crippen LogP contribution is 2.27. The minimum atomic E-state index is -0.523. The third-order valence-electron chi connectivity index (χ3n) is 2.98. The molecular formula is C13H12N4OS. The number of hydrogen-bond donors (Lipinski definition) is 1. The fourth-order valence-corrected chi connectivity index (χ4v) is 3.11. The van der Waals surface area contributed by atoms with E-state index >= 15 is 0 Å². The van der Waals surface area contributed by atoms with Gasteiger partial charge in [-0.2, -0.15) is 0 Å². The number of primary amides is 1. The van der Waals surface area contributed by atoms with Crippen molar-refractivity contribution in [1.82, 2.24) is 14.5 Å². The lowest BCUT2D eigenvalue weighted by molar-refractivity contribution is 0.0996. The molecule has 2 N–H and O–H groups in total. The number of carbonyl (C=O) groups excluding carboxylic acids is 1. The van der Waals surface area contributed by atoms with E-state index in [1.54, 1.807) is 12.3 Å². The number of aryl methyl sites for hydroxylation is 2. The normalized spacial score (nSPS) is 11.1. The van der Waals surface area contributed by atoms with Gasteiger partial charge in [-0.15, -0.1) is 0 Å². The molecule has 0 fully saturated rings. The molecule has 3 aromatic rings. The Bertz CT molecular complexity index is 768. The van der Waals surface area contributed by atoms with Gasteiger partial charge in [0.2, 0.25) is 0 Å². The van der Waals surface area contributed by atoms with Crippen molar-refractivity contribution in [1.29, 1.82) is 0 Å². The average molecular weight is 272 g/mol. The average Bonchev–Trinajstić information content (AvgIpc) is 2.91. The van der Waals surface area contributed by atoms with Crippen molar-refractivity contribution < 1.29 is 4.79 Å². The lowest BCUT2D eigenvalue weighted by Crippen LogP contribution is -2.12. The fraction of sp³-hybridized carbons (Fsp3) is 0.154. The van der Waals surface area contributed by atoms with Crippen molar-refractivity contribution in [3.8, 4) is 5.13 Å². The van der Waals surface area contributed by atoms with E-state index in [0.29, 0.717) is 0 Å². The Morgan fingerprint density at radius 1 is 1.32 bits per heavy atom. The molecule has 1 amide bonds. The van der Waals surface area contributed by atoms with Crippen LogP contribution in [-0.2, 0) is 0 Å². The largest absolute Gasteiger partial charge is 0.364 e. The third-order valence-corrected chi connectivity index (χ3v) is 3.98. The summed E-state index contributed by atoms with van der Waals surface area (Å²) in [5.74, 6) is -0.523. The van der Waals surface area contributed by atoms with Crippen LogP contribution in [0.25, 0.3) is 15.3 Å². The second kappa shape index (κ2) is 4.17. The maximum atomic E-state index is 11.1. The molecule has 3 rings (SSSR count). The number of thiazole rings is 1. The van der Waals surface area contributed by atoms with Gasteiger partial charge in [0, 0.05) is 11.4 Å². The topological polar surface area (TPSA) is 73.8 Å². The highest BCUT2D eigenvalue weighted by Gasteiger charge is 2.12. The first-order valence-corrected chi connectivity index (χ1v) is 6.59. The van der Waals surface area contributed by atoms with E-state index in [2.05, 4.69) is 26.7 Å². The van der Waals surface area contributed by atoms with Crippen LogP contribution >= 0.6 is 11.3 Å². The van der Waals surface area contributed by atoms with E-state index < -0.39 is 5.91 Å². The van der Waals surface area contributed by atoms with Crippen LogP contribution in [0.15, 0.2) is 24.4 Å². The number of fused-ring (bicyclic) bond motifs is 1. The molecular weight excluding hydrogens is 260 g/mol. The van der Waals surface area contributed by atoms with Crippen molar-refractivity contribution in [3.63, 3.8) is 0 Å². The summed E-state index contributed by atoms with van der Waals surface area (Å²) < 4.78 is 2.99. The standard InChI is InChI=1S/C13H12N4OS/c1-7-3-4-8(2)17(7)13-16-10-6-15-9(12(14)18)5-11(10)19-13/h3-6H,1-2H3,(H2,14,18). The Morgan fingerprint density at radius 3 is 2.63 bits per heavy atom. The van der Waals surface area contributed by atoms with Crippen molar-refractivity contribution in [2.45, 2.75) is 13.8 Å². The van der Waals surface area contributed by atoms with Crippen LogP contribution < -0.4 is 5.73 Å². The highest BCUT2D eigenvalue weighted by molar-refractivity contribution is 7.20. The van der Waals surface area contributed by atoms with Gasteiger partial charge in [-0.1, -0.05) is 11.3 Å². The van der Waals surface area contributed by atoms with Crippen LogP contribution in [-0.4, -0.2) is 20.4 Å². The number of pyridine rings is 1. The number of hydrogen-bond acceptors (Lipinski definition) is 4. The summed E-state index contributed by atoms with van der Waals surface area (Å²) in [5, 5.41) is 0.874. The monoisotopic (exact) mass is 272 g/mol. The van der Waals surface area contributed by atoms with Crippen molar-refractivity contribution in [2.24, 2.45) is 5.73 Å². The molecule has 0 spiro atoms. The van der Waals surface area contributed by atoms with Crippen molar-refractivity contribution >= 4 is 27.5 Å². The number of amides is 1. The Hall–Kier alpha value is -2.21. The fourth-order valence-electron chi connectivity index (χ4n) is 2.02. The number of aromatic nitrogens is 3. The first-order valence-electron chi connectivity index (χ1n) is 5.78. The van der Waals surface area contributed by atoms with Gasteiger partial charge in [0.15, 0.2) is 5.13 Å². The minimum Gasteiger partial charge on any atom is -0.364 e. The minimum absolute atomic E-state index is 0.267. The maximum absolute atomic E-state index is 11.1. The molecule has 0 bridgehead atoms. The van der Waals surface area contributed by atoms with Crippen LogP contribution in [0.3, 0.4) is 0 Å². The molecule has 0 unspecified atom stereocenters. The zero-order valence-electron chi connectivity index (χ0n) is 10.5. The summed E-state index contributed by atoms with van der Waals surface area (Å²) in [7, 11) is 0. The maximum Gasteiger partial charge on any atom is 0.267 e. The van der Waals surface area contributed by atoms with E-state index in [9.17, 15) is 4.79 Å². The van der Waals surface area contributed by atoms with E-state index in [1.165, 1.54) is 11.3 Å². The lowest BCUT2D eigenvalue weighted by Gasteiger charge is -2.03. The summed E-state index contributed by atoms with van der Waals surface area (Å²) in [5.41, 5.74) is 8.52. The summed E-state index contributed by atoms with van der Waals surface area (Å²) in [6, 6.07) is 5.79. The number of carbonyl (C=O) groups is 1. The Labute approximate surface area is 113 Å². The molecule has 0 saturated heterocycles. The summed E-state index contributed by atoms with van der Waals surface area (Å²) >= 11 is 1.52. The molecule has 96 valence electrons. The second-order valence-corrected chi connectivity index (χ2v) is 5.36. The van der Waals surface area contributed by atoms with Gasteiger partial charge in [-0.3, -0.25) is 9.36 Å². The van der Waals surface area contributed by atoms with Crippen LogP contribution in [0.5, 0.6) is 0 Å². The van der Waals surface area contributed by atoms with E-state index in [-0.39, 0.29) is 5.69 Å². The van der Waals surface area contributed by atoms with Crippen molar-refractivity contribution in [2.75, 3.05) is 0 Å². The van der Waals surface area contributed by atoms with Gasteiger partial charge >= 0.3 is 0 Å². The molecule has 0 atom stereocenters. The van der Waals surface area contributed by atoms with Crippen LogP contribution in [0.1, 0.15) is 21.9 Å². The Kier molecular flexibility index (Phi) is 2.60. The smallest absolute Gasteiger partial charge is 0.267 e. The molecule has 0 saturated carbocycles. The first kappa shape index (κ1) is 11.9. The molecule has 0 aromatic carbocycles. The predicted molar refractivity (Wildman–Crippen MR) is 74.7 cm³/mol. The number of nitrogens with two attached hydrogens (primary N) is 1. The lowest BCUT2D eigenvalue weighted by atomic mass is 10.3. The summed E-state index contributed by atoms with van der Waals surface area (Å²) in [4.78, 5) is 19.7. The molecule has 3 aromatic heterocycles. The van der Waals surface area contributed by atoms with Crippen LogP contribution in [0.4, 0.5) is 0 Å². The SMILES string of the molecule is Cc1ccc(C)n1-c1nc2cnc(C(N)=O)cc2s1. The third kappa shape index (κ3) is 1.90. The van der Waals surface area contributed by atoms with Gasteiger partial charge in [0.1, 0.15) is 11.2 Å². The zero-order chi connectivity index (χ0) is 13.6. The molecule has 6 heteroatoms. The predicted octanol–water partition coefficient (Wildman–Crippen LogP) is 2.20. The van der Waals surface area contributed by atoms with Gasteiger partial charge in [0.25, 0.3) is 5.91 Å². The molecule has 19 heavy (non-hydrogen) atoms. The molecule has 0 aliphatic rings. The number of rotatable bonds is 2. The molecule has 0 radical (unpaired) electrons. The van der Waals surface area contributed by atoms with Gasteiger partial charge in [0.05, 0.1) is 10.9 Å². The molecule has 3 heterocycles.